The Kier molecular flexibility index (Phi) is 8.76. The van der Waals surface area contributed by atoms with Gasteiger partial charge in [0.05, 0.1) is 5.33 Å². The van der Waals surface area contributed by atoms with Crippen LogP contribution in [0.25, 0.3) is 0 Å². The number of halogens is 1. The average molecular weight is 261 g/mol. The normalized spacial score (nSPS) is 11.4. The van der Waals surface area contributed by atoms with Crippen molar-refractivity contribution in [1.29, 1.82) is 0 Å². The Hall–Kier alpha value is -0.490. The second-order valence-corrected chi connectivity index (χ2v) is 3.61. The van der Waals surface area contributed by atoms with Crippen LogP contribution < -0.4 is 0 Å². The average Bonchev–Trinajstić information content (AvgIpc) is 2.13. The van der Waals surface area contributed by atoms with Crippen LogP contribution in [-0.2, 0) is 9.53 Å². The smallest absolute Gasteiger partial charge is 0.303 e. The maximum Gasteiger partial charge on any atom is 0.303 e. The highest BCUT2D eigenvalue weighted by Crippen LogP contribution is 2.06. The van der Waals surface area contributed by atoms with Crippen molar-refractivity contribution in [2.24, 2.45) is 0 Å². The van der Waals surface area contributed by atoms with Crippen LogP contribution in [0, 0.1) is 11.8 Å². The highest BCUT2D eigenvalue weighted by Gasteiger charge is 2.07. The number of rotatable bonds is 5. The number of hydrogen-bond donors (Lipinski definition) is 0. The molecule has 0 aliphatic rings. The first kappa shape index (κ1) is 13.5. The summed E-state index contributed by atoms with van der Waals surface area (Å²) in [5, 5.41) is 0.624. The predicted octanol–water partition coefficient (Wildman–Crippen LogP) is 2.90. The molecule has 0 fully saturated rings. The van der Waals surface area contributed by atoms with Gasteiger partial charge in [0.1, 0.15) is 0 Å². The second kappa shape index (κ2) is 9.08. The molecule has 3 heteroatoms. The second-order valence-electron chi connectivity index (χ2n) is 3.05. The zero-order valence-corrected chi connectivity index (χ0v) is 10.4. The maximum atomic E-state index is 10.7. The Balaban J connectivity index is 3.90. The van der Waals surface area contributed by atoms with E-state index >= 15 is 0 Å². The largest absolute Gasteiger partial charge is 0.449 e. The minimum Gasteiger partial charge on any atom is -0.449 e. The van der Waals surface area contributed by atoms with E-state index in [1.54, 1.807) is 0 Å². The van der Waals surface area contributed by atoms with Crippen LogP contribution in [0.15, 0.2) is 0 Å². The van der Waals surface area contributed by atoms with Crippen molar-refractivity contribution in [3.05, 3.63) is 0 Å². The molecule has 0 N–H and O–H groups in total. The number of unbranched alkanes of at least 4 members (excludes halogenated alkanes) is 2. The van der Waals surface area contributed by atoms with Crippen molar-refractivity contribution in [2.75, 3.05) is 5.33 Å². The Labute approximate surface area is 94.5 Å². The van der Waals surface area contributed by atoms with E-state index in [4.69, 9.17) is 4.74 Å². The third-order valence-corrected chi connectivity index (χ3v) is 1.99. The fourth-order valence-corrected chi connectivity index (χ4v) is 1.25. The summed E-state index contributed by atoms with van der Waals surface area (Å²) in [5.41, 5.74) is 0. The Morgan fingerprint density at radius 2 is 2.21 bits per heavy atom. The summed E-state index contributed by atoms with van der Waals surface area (Å²) in [4.78, 5) is 10.7. The van der Waals surface area contributed by atoms with Gasteiger partial charge in [-0.15, -0.1) is 0 Å². The molecule has 0 heterocycles. The quantitative estimate of drug-likeness (QED) is 0.329. The van der Waals surface area contributed by atoms with E-state index in [0.717, 1.165) is 19.3 Å². The van der Waals surface area contributed by atoms with Gasteiger partial charge in [-0.05, 0) is 12.8 Å². The fraction of sp³-hybridized carbons (Fsp3) is 0.727. The molecular formula is C11H17BrO2. The SMILES string of the molecule is CCCCCC(C#CCBr)OC(C)=O. The lowest BCUT2D eigenvalue weighted by molar-refractivity contribution is -0.144. The van der Waals surface area contributed by atoms with E-state index in [0.29, 0.717) is 5.33 Å². The zero-order chi connectivity index (χ0) is 10.8. The molecule has 0 aromatic carbocycles. The molecule has 0 saturated heterocycles. The molecule has 14 heavy (non-hydrogen) atoms. The first-order valence-electron chi connectivity index (χ1n) is 4.92. The molecule has 0 aliphatic heterocycles. The van der Waals surface area contributed by atoms with Crippen LogP contribution in [0.4, 0.5) is 0 Å². The number of carbonyl (C=O) groups is 1. The molecule has 0 saturated carbocycles. The first-order chi connectivity index (χ1) is 6.70. The van der Waals surface area contributed by atoms with Crippen molar-refractivity contribution < 1.29 is 9.53 Å². The summed E-state index contributed by atoms with van der Waals surface area (Å²) in [5.74, 6) is 5.54. The van der Waals surface area contributed by atoms with Gasteiger partial charge in [-0.2, -0.15) is 0 Å². The molecule has 0 aliphatic carbocycles. The Morgan fingerprint density at radius 3 is 2.71 bits per heavy atom. The molecule has 0 aromatic heterocycles. The molecule has 0 amide bonds. The van der Waals surface area contributed by atoms with Gasteiger partial charge in [0.25, 0.3) is 0 Å². The summed E-state index contributed by atoms with van der Waals surface area (Å²) in [6.07, 6.45) is 4.00. The Bertz CT molecular complexity index is 215. The van der Waals surface area contributed by atoms with Crippen LogP contribution >= 0.6 is 15.9 Å². The van der Waals surface area contributed by atoms with E-state index in [1.807, 2.05) is 0 Å². The molecule has 0 radical (unpaired) electrons. The van der Waals surface area contributed by atoms with E-state index in [9.17, 15) is 4.79 Å². The third kappa shape index (κ3) is 8.12. The minimum atomic E-state index is -0.254. The Morgan fingerprint density at radius 1 is 1.50 bits per heavy atom. The van der Waals surface area contributed by atoms with Crippen LogP contribution in [0.1, 0.15) is 39.5 Å². The van der Waals surface area contributed by atoms with Gasteiger partial charge in [-0.25, -0.2) is 0 Å². The van der Waals surface area contributed by atoms with Gasteiger partial charge in [-0.1, -0.05) is 47.5 Å². The van der Waals surface area contributed by atoms with Crippen molar-refractivity contribution in [3.63, 3.8) is 0 Å². The van der Waals surface area contributed by atoms with Crippen LogP contribution in [0.3, 0.4) is 0 Å². The number of alkyl halides is 1. The summed E-state index contributed by atoms with van der Waals surface area (Å²) in [6.45, 7) is 3.56. The monoisotopic (exact) mass is 260 g/mol. The molecule has 1 unspecified atom stereocenters. The number of ether oxygens (including phenoxy) is 1. The number of hydrogen-bond acceptors (Lipinski definition) is 2. The topological polar surface area (TPSA) is 26.3 Å². The lowest BCUT2D eigenvalue weighted by Gasteiger charge is -2.10. The lowest BCUT2D eigenvalue weighted by Crippen LogP contribution is -2.14. The number of carbonyl (C=O) groups excluding carboxylic acids is 1. The van der Waals surface area contributed by atoms with E-state index in [2.05, 4.69) is 34.7 Å². The molecule has 1 atom stereocenters. The summed E-state index contributed by atoms with van der Waals surface area (Å²) < 4.78 is 5.07. The van der Waals surface area contributed by atoms with Gasteiger partial charge in [0, 0.05) is 6.92 Å². The van der Waals surface area contributed by atoms with Crippen LogP contribution in [0.5, 0.6) is 0 Å². The zero-order valence-electron chi connectivity index (χ0n) is 8.81. The molecule has 0 aromatic rings. The lowest BCUT2D eigenvalue weighted by atomic mass is 10.1. The van der Waals surface area contributed by atoms with Crippen molar-refractivity contribution in [1.82, 2.24) is 0 Å². The molecule has 80 valence electrons. The van der Waals surface area contributed by atoms with Crippen molar-refractivity contribution >= 4 is 21.9 Å². The predicted molar refractivity (Wildman–Crippen MR) is 61.3 cm³/mol. The molecule has 0 rings (SSSR count). The van der Waals surface area contributed by atoms with Gasteiger partial charge in [0.2, 0.25) is 0 Å². The molecule has 0 bridgehead atoms. The van der Waals surface area contributed by atoms with E-state index in [1.165, 1.54) is 13.3 Å². The summed E-state index contributed by atoms with van der Waals surface area (Å²) in [6, 6.07) is 0. The van der Waals surface area contributed by atoms with Crippen molar-refractivity contribution in [2.45, 2.75) is 45.6 Å². The summed E-state index contributed by atoms with van der Waals surface area (Å²) >= 11 is 3.21. The highest BCUT2D eigenvalue weighted by molar-refractivity contribution is 9.09. The van der Waals surface area contributed by atoms with Gasteiger partial charge >= 0.3 is 5.97 Å². The van der Waals surface area contributed by atoms with Gasteiger partial charge in [0.15, 0.2) is 6.10 Å². The highest BCUT2D eigenvalue weighted by atomic mass is 79.9. The first-order valence-corrected chi connectivity index (χ1v) is 6.04. The molecule has 0 spiro atoms. The maximum absolute atomic E-state index is 10.7. The standard InChI is InChI=1S/C11H17BrO2/c1-3-4-5-7-11(8-6-9-12)14-10(2)13/h11H,3-5,7,9H2,1-2H3. The fourth-order valence-electron chi connectivity index (χ4n) is 1.09. The van der Waals surface area contributed by atoms with E-state index < -0.39 is 0 Å². The van der Waals surface area contributed by atoms with E-state index in [-0.39, 0.29) is 12.1 Å². The van der Waals surface area contributed by atoms with Crippen LogP contribution in [0.2, 0.25) is 0 Å². The van der Waals surface area contributed by atoms with Gasteiger partial charge < -0.3 is 4.74 Å². The minimum absolute atomic E-state index is 0.225. The van der Waals surface area contributed by atoms with Gasteiger partial charge in [-0.3, -0.25) is 4.79 Å². The van der Waals surface area contributed by atoms with Crippen molar-refractivity contribution in [3.8, 4) is 11.8 Å². The van der Waals surface area contributed by atoms with Crippen LogP contribution in [-0.4, -0.2) is 17.4 Å². The number of esters is 1. The third-order valence-electron chi connectivity index (χ3n) is 1.71. The summed E-state index contributed by atoms with van der Waals surface area (Å²) in [7, 11) is 0. The molecular weight excluding hydrogens is 244 g/mol. The molecule has 2 nitrogen and oxygen atoms in total.